The molecule has 80 valence electrons. The molecule has 1 aromatic carbocycles. The van der Waals surface area contributed by atoms with Crippen LogP contribution in [0.1, 0.15) is 12.8 Å². The maximum Gasteiger partial charge on any atom is 0.239 e. The first kappa shape index (κ1) is 10.5. The molecule has 0 aromatic heterocycles. The Kier molecular flexibility index (Phi) is 3.64. The fourth-order valence-electron chi connectivity index (χ4n) is 1.43. The van der Waals surface area contributed by atoms with Gasteiger partial charge in [0, 0.05) is 17.7 Å². The molecule has 0 bridgehead atoms. The van der Waals surface area contributed by atoms with Crippen LogP contribution in [0.3, 0.4) is 0 Å². The highest BCUT2D eigenvalue weighted by Crippen LogP contribution is 2.24. The van der Waals surface area contributed by atoms with E-state index in [4.69, 9.17) is 4.18 Å². The maximum atomic E-state index is 11.8. The maximum absolute atomic E-state index is 11.8. The van der Waals surface area contributed by atoms with Gasteiger partial charge in [-0.2, -0.15) is 0 Å². The molecule has 3 nitrogen and oxygen atoms in total. The van der Waals surface area contributed by atoms with Crippen LogP contribution in [-0.2, 0) is 8.98 Å². The summed E-state index contributed by atoms with van der Waals surface area (Å²) in [5, 5.41) is 2.80. The minimum absolute atomic E-state index is 0.0332. The molecule has 0 aliphatic carbocycles. The van der Waals surface area contributed by atoms with Gasteiger partial charge in [-0.1, -0.05) is 18.2 Å². The van der Waals surface area contributed by atoms with Crippen molar-refractivity contribution < 1.29 is 8.98 Å². The second kappa shape index (κ2) is 5.19. The lowest BCUT2D eigenvalue weighted by Crippen LogP contribution is -2.27. The van der Waals surface area contributed by atoms with Gasteiger partial charge in [0.1, 0.15) is 5.25 Å². The summed E-state index contributed by atoms with van der Waals surface area (Å²) in [7, 11) is 0. The molecule has 1 unspecified atom stereocenters. The summed E-state index contributed by atoms with van der Waals surface area (Å²) >= 11 is 1.28. The largest absolute Gasteiger partial charge is 0.325 e. The van der Waals surface area contributed by atoms with Gasteiger partial charge in [0.15, 0.2) is 0 Å². The van der Waals surface area contributed by atoms with Crippen molar-refractivity contribution in [3.05, 3.63) is 30.3 Å². The fourth-order valence-corrected chi connectivity index (χ4v) is 2.21. The molecule has 0 spiro atoms. The van der Waals surface area contributed by atoms with E-state index in [1.165, 1.54) is 12.0 Å². The first-order valence-electron chi connectivity index (χ1n) is 5.00. The minimum atomic E-state index is -0.0704. The van der Waals surface area contributed by atoms with Crippen LogP contribution in [0.4, 0.5) is 5.69 Å². The van der Waals surface area contributed by atoms with Crippen LogP contribution in [0.2, 0.25) is 0 Å². The Morgan fingerprint density at radius 2 is 2.20 bits per heavy atom. The van der Waals surface area contributed by atoms with Crippen LogP contribution in [0.5, 0.6) is 0 Å². The van der Waals surface area contributed by atoms with Crippen LogP contribution in [-0.4, -0.2) is 17.8 Å². The van der Waals surface area contributed by atoms with E-state index in [2.05, 4.69) is 5.32 Å². The van der Waals surface area contributed by atoms with Crippen LogP contribution in [0.15, 0.2) is 30.3 Å². The molecule has 15 heavy (non-hydrogen) atoms. The quantitative estimate of drug-likeness (QED) is 0.783. The van der Waals surface area contributed by atoms with Crippen molar-refractivity contribution >= 4 is 23.6 Å². The summed E-state index contributed by atoms with van der Waals surface area (Å²) in [6.45, 7) is 0.750. The summed E-state index contributed by atoms with van der Waals surface area (Å²) in [5.74, 6) is 0.0332. The molecular formula is C11H13NO2S. The molecule has 1 atom stereocenters. The smallest absolute Gasteiger partial charge is 0.239 e. The van der Waals surface area contributed by atoms with E-state index in [1.54, 1.807) is 0 Å². The Labute approximate surface area is 93.4 Å². The zero-order chi connectivity index (χ0) is 10.5. The van der Waals surface area contributed by atoms with E-state index >= 15 is 0 Å². The molecule has 0 radical (unpaired) electrons. The molecule has 1 amide bonds. The number of carbonyl (C=O) groups excluding carboxylic acids is 1. The van der Waals surface area contributed by atoms with Gasteiger partial charge in [-0.15, -0.1) is 0 Å². The van der Waals surface area contributed by atoms with Crippen molar-refractivity contribution in [3.8, 4) is 0 Å². The Morgan fingerprint density at radius 3 is 2.87 bits per heavy atom. The highest BCUT2D eigenvalue weighted by Gasteiger charge is 2.22. The van der Waals surface area contributed by atoms with Gasteiger partial charge in [-0.3, -0.25) is 4.79 Å². The lowest BCUT2D eigenvalue weighted by molar-refractivity contribution is -0.116. The molecule has 1 aromatic rings. The number of amides is 1. The van der Waals surface area contributed by atoms with Gasteiger partial charge >= 0.3 is 0 Å². The van der Waals surface area contributed by atoms with Gasteiger partial charge in [-0.25, -0.2) is 0 Å². The van der Waals surface area contributed by atoms with Crippen molar-refractivity contribution in [1.29, 1.82) is 0 Å². The Hall–Kier alpha value is -1.00. The predicted octanol–water partition coefficient (Wildman–Crippen LogP) is 2.45. The number of nitrogens with one attached hydrogen (secondary N) is 1. The zero-order valence-electron chi connectivity index (χ0n) is 8.31. The molecule has 1 aliphatic heterocycles. The average molecular weight is 223 g/mol. The third-order valence-electron chi connectivity index (χ3n) is 2.21. The highest BCUT2D eigenvalue weighted by molar-refractivity contribution is 7.96. The van der Waals surface area contributed by atoms with E-state index in [0.29, 0.717) is 0 Å². The van der Waals surface area contributed by atoms with Crippen LogP contribution >= 0.6 is 12.0 Å². The first-order valence-corrected chi connectivity index (χ1v) is 5.81. The summed E-state index contributed by atoms with van der Waals surface area (Å²) in [6, 6.07) is 9.49. The monoisotopic (exact) mass is 223 g/mol. The molecule has 1 fully saturated rings. The molecular weight excluding hydrogens is 210 g/mol. The Morgan fingerprint density at radius 1 is 1.40 bits per heavy atom. The van der Waals surface area contributed by atoms with Gasteiger partial charge in [-0.05, 0) is 25.0 Å². The van der Waals surface area contributed by atoms with Crippen LogP contribution in [0, 0.1) is 0 Å². The predicted molar refractivity (Wildman–Crippen MR) is 61.6 cm³/mol. The lowest BCUT2D eigenvalue weighted by Gasteiger charge is -2.19. The zero-order valence-corrected chi connectivity index (χ0v) is 9.13. The number of benzene rings is 1. The lowest BCUT2D eigenvalue weighted by atomic mass is 10.2. The fraction of sp³-hybridized carbons (Fsp3) is 0.364. The standard InChI is InChI=1S/C11H13NO2S/c13-11(10-7-4-8-14-15-10)12-9-5-2-1-3-6-9/h1-3,5-6,10H,4,7-8H2,(H,12,13). The molecule has 1 saturated heterocycles. The molecule has 1 heterocycles. The summed E-state index contributed by atoms with van der Waals surface area (Å²) in [4.78, 5) is 11.8. The van der Waals surface area contributed by atoms with E-state index in [9.17, 15) is 4.79 Å². The molecule has 0 saturated carbocycles. The Balaban J connectivity index is 1.91. The van der Waals surface area contributed by atoms with Crippen LogP contribution < -0.4 is 5.32 Å². The van der Waals surface area contributed by atoms with Gasteiger partial charge in [0.05, 0.1) is 6.61 Å². The number of hydrogen-bond donors (Lipinski definition) is 1. The van der Waals surface area contributed by atoms with Gasteiger partial charge < -0.3 is 9.50 Å². The number of carbonyl (C=O) groups is 1. The van der Waals surface area contributed by atoms with Gasteiger partial charge in [0.25, 0.3) is 0 Å². The second-order valence-electron chi connectivity index (χ2n) is 3.40. The topological polar surface area (TPSA) is 38.3 Å². The van der Waals surface area contributed by atoms with E-state index < -0.39 is 0 Å². The van der Waals surface area contributed by atoms with Crippen molar-refractivity contribution in [1.82, 2.24) is 0 Å². The van der Waals surface area contributed by atoms with Crippen molar-refractivity contribution in [2.75, 3.05) is 11.9 Å². The van der Waals surface area contributed by atoms with Crippen molar-refractivity contribution in [2.45, 2.75) is 18.1 Å². The SMILES string of the molecule is O=C(Nc1ccccc1)C1CCCOS1. The molecule has 1 N–H and O–H groups in total. The number of hydrogen-bond acceptors (Lipinski definition) is 3. The highest BCUT2D eigenvalue weighted by atomic mass is 32.2. The average Bonchev–Trinajstić information content (AvgIpc) is 2.31. The molecule has 1 aliphatic rings. The van der Waals surface area contributed by atoms with E-state index in [-0.39, 0.29) is 11.2 Å². The third-order valence-corrected chi connectivity index (χ3v) is 3.20. The summed E-state index contributed by atoms with van der Waals surface area (Å²) in [6.07, 6.45) is 1.85. The van der Waals surface area contributed by atoms with Crippen LogP contribution in [0.25, 0.3) is 0 Å². The molecule has 4 heteroatoms. The Bertz CT molecular complexity index is 323. The normalized spacial score (nSPS) is 20.9. The second-order valence-corrected chi connectivity index (χ2v) is 4.40. The van der Waals surface area contributed by atoms with E-state index in [1.807, 2.05) is 30.3 Å². The number of para-hydroxylation sites is 1. The van der Waals surface area contributed by atoms with Gasteiger partial charge in [0.2, 0.25) is 5.91 Å². The van der Waals surface area contributed by atoms with Crippen molar-refractivity contribution in [2.24, 2.45) is 0 Å². The minimum Gasteiger partial charge on any atom is -0.325 e. The van der Waals surface area contributed by atoms with E-state index in [0.717, 1.165) is 25.1 Å². The number of anilines is 1. The first-order chi connectivity index (χ1) is 7.36. The van der Waals surface area contributed by atoms with Crippen molar-refractivity contribution in [3.63, 3.8) is 0 Å². The molecule has 2 rings (SSSR count). The summed E-state index contributed by atoms with van der Waals surface area (Å²) in [5.41, 5.74) is 0.841. The summed E-state index contributed by atoms with van der Waals surface area (Å²) < 4.78 is 5.20. The number of rotatable bonds is 2. The third kappa shape index (κ3) is 2.97.